The maximum atomic E-state index is 12.2. The number of nitrogens with zero attached hydrogens (tertiary/aromatic N) is 1. The maximum absolute atomic E-state index is 12.2. The largest absolute Gasteiger partial charge is 0.573 e. The van der Waals surface area contributed by atoms with Gasteiger partial charge in [-0.05, 0) is 24.3 Å². The summed E-state index contributed by atoms with van der Waals surface area (Å²) in [6, 6.07) is 4.02. The lowest BCUT2D eigenvalue weighted by atomic mass is 10.2. The van der Waals surface area contributed by atoms with Gasteiger partial charge in [-0.1, -0.05) is 0 Å². The van der Waals surface area contributed by atoms with Crippen molar-refractivity contribution in [1.29, 1.82) is 0 Å². The fourth-order valence-electron chi connectivity index (χ4n) is 1.71. The highest BCUT2D eigenvalue weighted by atomic mass is 32.2. The molecule has 112 valence electrons. The summed E-state index contributed by atoms with van der Waals surface area (Å²) < 4.78 is 65.3. The van der Waals surface area contributed by atoms with Gasteiger partial charge in [0.05, 0.1) is 4.90 Å². The highest BCUT2D eigenvalue weighted by Gasteiger charge is 2.33. The molecule has 20 heavy (non-hydrogen) atoms. The van der Waals surface area contributed by atoms with Crippen molar-refractivity contribution in [1.82, 2.24) is 9.62 Å². The van der Waals surface area contributed by atoms with Gasteiger partial charge < -0.3 is 10.1 Å². The second-order valence-corrected chi connectivity index (χ2v) is 6.35. The maximum Gasteiger partial charge on any atom is 0.573 e. The Labute approximate surface area is 114 Å². The third kappa shape index (κ3) is 3.22. The predicted octanol–water partition coefficient (Wildman–Crippen LogP) is 1.18. The number of likely N-dealkylation sites (N-methyl/N-ethyl adjacent to an activating group) is 1. The molecule has 1 aromatic rings. The van der Waals surface area contributed by atoms with Gasteiger partial charge in [0, 0.05) is 26.2 Å². The van der Waals surface area contributed by atoms with Gasteiger partial charge in [-0.15, -0.1) is 13.2 Å². The number of rotatable bonds is 4. The van der Waals surface area contributed by atoms with Gasteiger partial charge in [-0.25, -0.2) is 8.42 Å². The molecule has 0 unspecified atom stereocenters. The molecule has 0 aromatic heterocycles. The van der Waals surface area contributed by atoms with Crippen LogP contribution in [-0.4, -0.2) is 45.3 Å². The summed E-state index contributed by atoms with van der Waals surface area (Å²) in [6.45, 7) is 1.12. The van der Waals surface area contributed by atoms with Gasteiger partial charge in [0.1, 0.15) is 5.75 Å². The Morgan fingerprint density at radius 3 is 2.20 bits per heavy atom. The van der Waals surface area contributed by atoms with Crippen molar-refractivity contribution in [2.24, 2.45) is 0 Å². The van der Waals surface area contributed by atoms with E-state index in [0.717, 1.165) is 24.3 Å². The highest BCUT2D eigenvalue weighted by molar-refractivity contribution is 7.89. The molecule has 0 bridgehead atoms. The molecule has 1 aromatic carbocycles. The summed E-state index contributed by atoms with van der Waals surface area (Å²) in [5.41, 5.74) is 0. The number of sulfonamides is 1. The zero-order chi connectivity index (χ0) is 15.0. The Morgan fingerprint density at radius 2 is 1.80 bits per heavy atom. The molecule has 0 radical (unpaired) electrons. The van der Waals surface area contributed by atoms with Crippen LogP contribution in [0.5, 0.6) is 5.75 Å². The van der Waals surface area contributed by atoms with E-state index in [4.69, 9.17) is 0 Å². The molecule has 1 aliphatic heterocycles. The third-order valence-corrected chi connectivity index (χ3v) is 4.93. The van der Waals surface area contributed by atoms with E-state index < -0.39 is 22.1 Å². The van der Waals surface area contributed by atoms with Gasteiger partial charge >= 0.3 is 6.36 Å². The first-order valence-electron chi connectivity index (χ1n) is 5.75. The highest BCUT2D eigenvalue weighted by Crippen LogP contribution is 2.25. The second-order valence-electron chi connectivity index (χ2n) is 4.35. The molecule has 2 rings (SSSR count). The van der Waals surface area contributed by atoms with Crippen LogP contribution in [0.1, 0.15) is 0 Å². The van der Waals surface area contributed by atoms with E-state index in [2.05, 4.69) is 10.1 Å². The van der Waals surface area contributed by atoms with Crippen LogP contribution in [-0.2, 0) is 10.0 Å². The van der Waals surface area contributed by atoms with E-state index in [1.165, 1.54) is 11.4 Å². The number of nitrogens with one attached hydrogen (secondary N) is 1. The van der Waals surface area contributed by atoms with Crippen LogP contribution >= 0.6 is 0 Å². The zero-order valence-corrected chi connectivity index (χ0v) is 11.3. The molecule has 1 fully saturated rings. The summed E-state index contributed by atoms with van der Waals surface area (Å²) in [5, 5.41) is 2.95. The molecule has 1 saturated heterocycles. The molecule has 0 amide bonds. The minimum atomic E-state index is -4.80. The monoisotopic (exact) mass is 310 g/mol. The molecule has 1 N–H and O–H groups in total. The molecule has 0 saturated carbocycles. The van der Waals surface area contributed by atoms with Crippen LogP contribution in [0.25, 0.3) is 0 Å². The van der Waals surface area contributed by atoms with Crippen molar-refractivity contribution < 1.29 is 26.3 Å². The van der Waals surface area contributed by atoms with E-state index in [9.17, 15) is 21.6 Å². The Balaban J connectivity index is 2.16. The van der Waals surface area contributed by atoms with E-state index >= 15 is 0 Å². The standard InChI is InChI=1S/C11H13F3N2O3S/c1-16(8-6-15-7-8)20(17,18)10-4-2-9(3-5-10)19-11(12,13)14/h2-5,8,15H,6-7H2,1H3. The van der Waals surface area contributed by atoms with Crippen molar-refractivity contribution in [3.05, 3.63) is 24.3 Å². The van der Waals surface area contributed by atoms with Gasteiger partial charge in [0.25, 0.3) is 0 Å². The van der Waals surface area contributed by atoms with Gasteiger partial charge in [0.15, 0.2) is 0 Å². The smallest absolute Gasteiger partial charge is 0.406 e. The van der Waals surface area contributed by atoms with Crippen LogP contribution in [0.4, 0.5) is 13.2 Å². The first-order valence-corrected chi connectivity index (χ1v) is 7.19. The van der Waals surface area contributed by atoms with Crippen molar-refractivity contribution >= 4 is 10.0 Å². The number of benzene rings is 1. The first-order chi connectivity index (χ1) is 9.20. The lowest BCUT2D eigenvalue weighted by molar-refractivity contribution is -0.274. The van der Waals surface area contributed by atoms with E-state index in [0.29, 0.717) is 13.1 Å². The summed E-state index contributed by atoms with van der Waals surface area (Å²) in [6.07, 6.45) is -4.80. The fourth-order valence-corrected chi connectivity index (χ4v) is 3.06. The molecule has 1 heterocycles. The van der Waals surface area contributed by atoms with E-state index in [-0.39, 0.29) is 10.9 Å². The first kappa shape index (κ1) is 15.1. The van der Waals surface area contributed by atoms with E-state index in [1.807, 2.05) is 0 Å². The van der Waals surface area contributed by atoms with Gasteiger partial charge in [-0.3, -0.25) is 0 Å². The van der Waals surface area contributed by atoms with Crippen LogP contribution < -0.4 is 10.1 Å². The molecule has 0 atom stereocenters. The van der Waals surface area contributed by atoms with Crippen molar-refractivity contribution in [3.8, 4) is 5.75 Å². The molecular formula is C11H13F3N2O3S. The van der Waals surface area contributed by atoms with Crippen LogP contribution in [0, 0.1) is 0 Å². The third-order valence-electron chi connectivity index (χ3n) is 3.01. The van der Waals surface area contributed by atoms with Gasteiger partial charge in [-0.2, -0.15) is 4.31 Å². The Bertz CT molecular complexity index is 568. The summed E-state index contributed by atoms with van der Waals surface area (Å²) in [7, 11) is -2.26. The van der Waals surface area contributed by atoms with Crippen molar-refractivity contribution in [2.45, 2.75) is 17.3 Å². The number of alkyl halides is 3. The minimum absolute atomic E-state index is 0.0681. The summed E-state index contributed by atoms with van der Waals surface area (Å²) >= 11 is 0. The van der Waals surface area contributed by atoms with Crippen LogP contribution in [0.15, 0.2) is 29.2 Å². The summed E-state index contributed by atoms with van der Waals surface area (Å²) in [5.74, 6) is -0.454. The summed E-state index contributed by atoms with van der Waals surface area (Å²) in [4.78, 5) is -0.0681. The van der Waals surface area contributed by atoms with Crippen LogP contribution in [0.3, 0.4) is 0 Å². The lowest BCUT2D eigenvalue weighted by Crippen LogP contribution is -2.57. The normalized spacial score (nSPS) is 17.1. The topological polar surface area (TPSA) is 58.6 Å². The molecule has 0 spiro atoms. The lowest BCUT2D eigenvalue weighted by Gasteiger charge is -2.34. The zero-order valence-electron chi connectivity index (χ0n) is 10.5. The average molecular weight is 310 g/mol. The minimum Gasteiger partial charge on any atom is -0.406 e. The number of hydrogen-bond acceptors (Lipinski definition) is 4. The Kier molecular flexibility index (Phi) is 3.94. The Hall–Kier alpha value is -1.32. The van der Waals surface area contributed by atoms with Crippen molar-refractivity contribution in [3.63, 3.8) is 0 Å². The second kappa shape index (κ2) is 5.23. The average Bonchev–Trinajstić information content (AvgIpc) is 2.25. The molecule has 5 nitrogen and oxygen atoms in total. The SMILES string of the molecule is CN(C1CNC1)S(=O)(=O)c1ccc(OC(F)(F)F)cc1. The number of ether oxygens (including phenoxy) is 1. The fraction of sp³-hybridized carbons (Fsp3) is 0.455. The van der Waals surface area contributed by atoms with Crippen molar-refractivity contribution in [2.75, 3.05) is 20.1 Å². The quantitative estimate of drug-likeness (QED) is 0.907. The molecule has 0 aliphatic carbocycles. The van der Waals surface area contributed by atoms with Gasteiger partial charge in [0.2, 0.25) is 10.0 Å². The number of hydrogen-bond donors (Lipinski definition) is 1. The van der Waals surface area contributed by atoms with Crippen LogP contribution in [0.2, 0.25) is 0 Å². The number of halogens is 3. The Morgan fingerprint density at radius 1 is 1.25 bits per heavy atom. The molecule has 9 heteroatoms. The predicted molar refractivity (Wildman–Crippen MR) is 64.7 cm³/mol. The molecule has 1 aliphatic rings. The molecular weight excluding hydrogens is 297 g/mol. The van der Waals surface area contributed by atoms with E-state index in [1.54, 1.807) is 0 Å².